The van der Waals surface area contributed by atoms with E-state index in [1.54, 1.807) is 19.1 Å². The van der Waals surface area contributed by atoms with Gasteiger partial charge < -0.3 is 9.84 Å². The van der Waals surface area contributed by atoms with Crippen molar-refractivity contribution in [1.29, 1.82) is 0 Å². The molecule has 1 aliphatic rings. The average molecular weight is 377 g/mol. The first kappa shape index (κ1) is 18.4. The van der Waals surface area contributed by atoms with E-state index in [0.717, 1.165) is 5.56 Å². The number of hydrogen-bond acceptors (Lipinski definition) is 5. The van der Waals surface area contributed by atoms with Crippen LogP contribution in [0.15, 0.2) is 22.7 Å². The maximum absolute atomic E-state index is 12.8. The quantitative estimate of drug-likeness (QED) is 0.888. The molecule has 3 rings (SSSR count). The van der Waals surface area contributed by atoms with Crippen LogP contribution in [0.3, 0.4) is 0 Å². The van der Waals surface area contributed by atoms with E-state index in [1.807, 2.05) is 26.8 Å². The molecule has 2 heterocycles. The van der Waals surface area contributed by atoms with E-state index in [0.29, 0.717) is 41.4 Å². The first-order valence-electron chi connectivity index (χ1n) is 8.37. The normalized spacial score (nSPS) is 14.4. The van der Waals surface area contributed by atoms with Crippen LogP contribution in [-0.4, -0.2) is 32.3 Å². The van der Waals surface area contributed by atoms with Crippen LogP contribution in [0.1, 0.15) is 48.1 Å². The molecule has 2 aromatic rings. The summed E-state index contributed by atoms with van der Waals surface area (Å²) in [6.45, 7) is 8.04. The zero-order valence-corrected chi connectivity index (χ0v) is 16.4. The number of anilines is 2. The van der Waals surface area contributed by atoms with Crippen LogP contribution < -0.4 is 9.62 Å². The molecule has 1 aromatic heterocycles. The van der Waals surface area contributed by atoms with Crippen LogP contribution in [0.2, 0.25) is 0 Å². The highest BCUT2D eigenvalue weighted by Crippen LogP contribution is 2.33. The Morgan fingerprint density at radius 1 is 1.31 bits per heavy atom. The molecule has 1 aromatic carbocycles. The maximum Gasteiger partial charge on any atom is 0.261 e. The summed E-state index contributed by atoms with van der Waals surface area (Å²) >= 11 is 0. The van der Waals surface area contributed by atoms with Crippen molar-refractivity contribution >= 4 is 27.3 Å². The number of nitrogens with one attached hydrogen (secondary N) is 1. The number of amides is 1. The fraction of sp³-hybridized carbons (Fsp3) is 0.444. The second-order valence-electron chi connectivity index (χ2n) is 7.60. The molecular formula is C18H23N3O4S. The van der Waals surface area contributed by atoms with E-state index >= 15 is 0 Å². The van der Waals surface area contributed by atoms with Crippen molar-refractivity contribution in [2.24, 2.45) is 0 Å². The number of nitrogens with zero attached hydrogens (tertiary/aromatic N) is 2. The van der Waals surface area contributed by atoms with E-state index in [-0.39, 0.29) is 11.3 Å². The van der Waals surface area contributed by atoms with Crippen LogP contribution in [0, 0.1) is 6.92 Å². The fourth-order valence-electron chi connectivity index (χ4n) is 3.14. The van der Waals surface area contributed by atoms with Crippen molar-refractivity contribution in [1.82, 2.24) is 5.16 Å². The van der Waals surface area contributed by atoms with Gasteiger partial charge in [-0.15, -0.1) is 0 Å². The number of aryl methyl sites for hydroxylation is 1. The summed E-state index contributed by atoms with van der Waals surface area (Å²) in [7, 11) is -3.29. The molecule has 26 heavy (non-hydrogen) atoms. The summed E-state index contributed by atoms with van der Waals surface area (Å²) < 4.78 is 30.3. The molecule has 0 saturated heterocycles. The van der Waals surface area contributed by atoms with Gasteiger partial charge in [-0.1, -0.05) is 25.9 Å². The number of sulfonamides is 1. The maximum atomic E-state index is 12.8. The summed E-state index contributed by atoms with van der Waals surface area (Å²) in [5.41, 5.74) is 2.91. The second kappa shape index (κ2) is 6.12. The molecule has 0 fully saturated rings. The van der Waals surface area contributed by atoms with E-state index < -0.39 is 10.0 Å². The lowest BCUT2D eigenvalue weighted by atomic mass is 9.88. The van der Waals surface area contributed by atoms with Crippen LogP contribution in [0.4, 0.5) is 11.4 Å². The molecular weight excluding hydrogens is 354 g/mol. The minimum Gasteiger partial charge on any atom is -0.361 e. The van der Waals surface area contributed by atoms with E-state index in [1.165, 1.54) is 10.6 Å². The molecule has 0 radical (unpaired) electrons. The highest BCUT2D eigenvalue weighted by molar-refractivity contribution is 7.92. The van der Waals surface area contributed by atoms with Gasteiger partial charge in [-0.25, -0.2) is 8.42 Å². The molecule has 0 aliphatic carbocycles. The van der Waals surface area contributed by atoms with Crippen LogP contribution >= 0.6 is 0 Å². The Balaban J connectivity index is 1.88. The van der Waals surface area contributed by atoms with Crippen molar-refractivity contribution in [3.63, 3.8) is 0 Å². The van der Waals surface area contributed by atoms with Crippen LogP contribution in [-0.2, 0) is 21.9 Å². The number of fused-ring (bicyclic) bond motifs is 1. The zero-order valence-electron chi connectivity index (χ0n) is 15.6. The van der Waals surface area contributed by atoms with Gasteiger partial charge >= 0.3 is 0 Å². The summed E-state index contributed by atoms with van der Waals surface area (Å²) in [6, 6.07) is 5.25. The van der Waals surface area contributed by atoms with Gasteiger partial charge in [0.05, 0.1) is 11.9 Å². The van der Waals surface area contributed by atoms with Gasteiger partial charge in [-0.2, -0.15) is 0 Å². The Hall–Kier alpha value is -2.35. The number of aromatic nitrogens is 1. The van der Waals surface area contributed by atoms with Crippen molar-refractivity contribution in [3.8, 4) is 0 Å². The predicted molar refractivity (Wildman–Crippen MR) is 100 cm³/mol. The van der Waals surface area contributed by atoms with Gasteiger partial charge in [-0.05, 0) is 37.1 Å². The van der Waals surface area contributed by atoms with Gasteiger partial charge in [0.15, 0.2) is 0 Å². The molecule has 0 unspecified atom stereocenters. The molecule has 7 nitrogen and oxygen atoms in total. The highest BCUT2D eigenvalue weighted by atomic mass is 32.2. The third-order valence-electron chi connectivity index (χ3n) is 4.39. The van der Waals surface area contributed by atoms with Gasteiger partial charge in [0, 0.05) is 17.6 Å². The second-order valence-corrected chi connectivity index (χ2v) is 9.50. The minimum absolute atomic E-state index is 0.286. The summed E-state index contributed by atoms with van der Waals surface area (Å²) in [4.78, 5) is 12.8. The molecule has 1 aliphatic heterocycles. The first-order chi connectivity index (χ1) is 12.0. The van der Waals surface area contributed by atoms with Gasteiger partial charge in [0.25, 0.3) is 5.91 Å². The number of rotatable bonds is 3. The summed E-state index contributed by atoms with van der Waals surface area (Å²) in [5, 5.41) is 6.91. The first-order valence-corrected chi connectivity index (χ1v) is 10.2. The Morgan fingerprint density at radius 3 is 2.62 bits per heavy atom. The number of hydrogen-bond donors (Lipinski definition) is 1. The Bertz CT molecular complexity index is 971. The Morgan fingerprint density at radius 2 is 2.00 bits per heavy atom. The lowest BCUT2D eigenvalue weighted by molar-refractivity contribution is 0.102. The minimum atomic E-state index is -3.29. The van der Waals surface area contributed by atoms with Crippen molar-refractivity contribution < 1.29 is 17.7 Å². The molecule has 0 bridgehead atoms. The van der Waals surface area contributed by atoms with Crippen molar-refractivity contribution in [2.45, 2.75) is 39.5 Å². The summed E-state index contributed by atoms with van der Waals surface area (Å²) in [5.74, 6) is 0.184. The Kier molecular flexibility index (Phi) is 4.34. The van der Waals surface area contributed by atoms with Crippen molar-refractivity contribution in [3.05, 3.63) is 40.8 Å². The van der Waals surface area contributed by atoms with E-state index in [9.17, 15) is 13.2 Å². The largest absolute Gasteiger partial charge is 0.361 e. The molecule has 0 atom stereocenters. The molecule has 0 spiro atoms. The third-order valence-corrected chi connectivity index (χ3v) is 5.57. The van der Waals surface area contributed by atoms with Gasteiger partial charge in [0.2, 0.25) is 10.0 Å². The lowest BCUT2D eigenvalue weighted by Crippen LogP contribution is -2.27. The van der Waals surface area contributed by atoms with Crippen LogP contribution in [0.25, 0.3) is 0 Å². The molecule has 8 heteroatoms. The molecule has 0 saturated carbocycles. The topological polar surface area (TPSA) is 92.5 Å². The standard InChI is InChI=1S/C18H23N3O4S/c1-11-15(16(20-25-11)18(2,3)4)17(22)19-13-6-7-14-12(10-13)8-9-21(14)26(5,23)24/h6-7,10H,8-9H2,1-5H3,(H,19,22). The smallest absolute Gasteiger partial charge is 0.261 e. The Labute approximate surface area is 153 Å². The number of benzene rings is 1. The fourth-order valence-corrected chi connectivity index (χ4v) is 4.10. The van der Waals surface area contributed by atoms with E-state index in [2.05, 4.69) is 10.5 Å². The van der Waals surface area contributed by atoms with Gasteiger partial charge in [-0.3, -0.25) is 9.10 Å². The predicted octanol–water partition coefficient (Wildman–Crippen LogP) is 2.85. The number of carbonyl (C=O) groups is 1. The SMILES string of the molecule is Cc1onc(C(C)(C)C)c1C(=O)Nc1ccc2c(c1)CCN2S(C)(=O)=O. The van der Waals surface area contributed by atoms with Crippen molar-refractivity contribution in [2.75, 3.05) is 22.4 Å². The van der Waals surface area contributed by atoms with Crippen LogP contribution in [0.5, 0.6) is 0 Å². The summed E-state index contributed by atoms with van der Waals surface area (Å²) in [6.07, 6.45) is 1.81. The zero-order chi connectivity index (χ0) is 19.3. The number of carbonyl (C=O) groups excluding carboxylic acids is 1. The lowest BCUT2D eigenvalue weighted by Gasteiger charge is -2.17. The molecule has 1 N–H and O–H groups in total. The van der Waals surface area contributed by atoms with E-state index in [4.69, 9.17) is 4.52 Å². The molecule has 1 amide bonds. The average Bonchev–Trinajstić information content (AvgIpc) is 3.09. The monoisotopic (exact) mass is 377 g/mol. The highest BCUT2D eigenvalue weighted by Gasteiger charge is 2.30. The van der Waals surface area contributed by atoms with Gasteiger partial charge in [0.1, 0.15) is 17.0 Å². The molecule has 140 valence electrons. The third kappa shape index (κ3) is 3.33.